The summed E-state index contributed by atoms with van der Waals surface area (Å²) in [5.74, 6) is -0.659. The molecule has 3 atom stereocenters. The van der Waals surface area contributed by atoms with E-state index in [1.165, 1.54) is 16.9 Å². The molecule has 0 bridgehead atoms. The second-order valence-electron chi connectivity index (χ2n) is 10.3. The highest BCUT2D eigenvalue weighted by Crippen LogP contribution is 2.38. The van der Waals surface area contributed by atoms with E-state index in [1.54, 1.807) is 16.8 Å². The van der Waals surface area contributed by atoms with E-state index in [4.69, 9.17) is 5.73 Å². The van der Waals surface area contributed by atoms with Crippen LogP contribution in [0.4, 0.5) is 14.6 Å². The maximum atomic E-state index is 16.0. The normalized spacial score (nSPS) is 22.4. The first kappa shape index (κ1) is 26.9. The van der Waals surface area contributed by atoms with Crippen LogP contribution < -0.4 is 11.1 Å². The third kappa shape index (κ3) is 5.43. The van der Waals surface area contributed by atoms with Gasteiger partial charge in [0.2, 0.25) is 5.91 Å². The number of carbonyl (C=O) groups is 1. The van der Waals surface area contributed by atoms with E-state index in [-0.39, 0.29) is 49.1 Å². The summed E-state index contributed by atoms with van der Waals surface area (Å²) in [6, 6.07) is 8.83. The van der Waals surface area contributed by atoms with Crippen LogP contribution in [-0.2, 0) is 23.4 Å². The number of nitrogens with one attached hydrogen (secondary N) is 1. The Morgan fingerprint density at radius 1 is 1.36 bits per heavy atom. The second kappa shape index (κ2) is 10.8. The number of aromatic nitrogens is 4. The van der Waals surface area contributed by atoms with Gasteiger partial charge in [0.15, 0.2) is 5.82 Å². The highest BCUT2D eigenvalue weighted by atomic mass is 19.1. The van der Waals surface area contributed by atoms with Crippen molar-refractivity contribution < 1.29 is 18.7 Å². The molecule has 3 unspecified atom stereocenters. The number of carbonyl (C=O) groups excluding carboxylic acids is 1. The molecule has 1 amide bonds. The molecule has 3 heterocycles. The summed E-state index contributed by atoms with van der Waals surface area (Å²) in [6.45, 7) is 3.23. The number of likely N-dealkylation sites (tertiary alicyclic amines) is 1. The van der Waals surface area contributed by atoms with Gasteiger partial charge in [-0.3, -0.25) is 19.1 Å². The Morgan fingerprint density at radius 2 is 2.15 bits per heavy atom. The molecule has 4 N–H and O–H groups in total. The van der Waals surface area contributed by atoms with Gasteiger partial charge in [-0.25, -0.2) is 8.78 Å². The number of amides is 1. The molecule has 1 saturated carbocycles. The van der Waals surface area contributed by atoms with Crippen LogP contribution in [-0.4, -0.2) is 54.7 Å². The molecule has 2 aliphatic rings. The van der Waals surface area contributed by atoms with Crippen LogP contribution in [0.5, 0.6) is 0 Å². The van der Waals surface area contributed by atoms with E-state index in [0.29, 0.717) is 23.4 Å². The van der Waals surface area contributed by atoms with Gasteiger partial charge in [-0.2, -0.15) is 15.5 Å². The minimum Gasteiger partial charge on any atom is -0.374 e. The van der Waals surface area contributed by atoms with Crippen molar-refractivity contribution in [2.45, 2.75) is 63.6 Å². The minimum atomic E-state index is -1.53. The summed E-state index contributed by atoms with van der Waals surface area (Å²) in [5.41, 5.74) is 6.31. The Bertz CT molecular complexity index is 1390. The number of hydrogen-bond donors (Lipinski definition) is 3. The largest absolute Gasteiger partial charge is 0.374 e. The highest BCUT2D eigenvalue weighted by molar-refractivity contribution is 5.93. The number of hydrogen-bond acceptors (Lipinski definition) is 7. The lowest BCUT2D eigenvalue weighted by molar-refractivity contribution is -0.117. The Labute approximate surface area is 225 Å². The lowest BCUT2D eigenvalue weighted by atomic mass is 9.83. The Morgan fingerprint density at radius 3 is 2.77 bits per heavy atom. The van der Waals surface area contributed by atoms with Gasteiger partial charge in [-0.05, 0) is 38.3 Å². The van der Waals surface area contributed by atoms with E-state index in [1.807, 2.05) is 24.1 Å². The summed E-state index contributed by atoms with van der Waals surface area (Å²) in [4.78, 5) is 14.1. The number of benzene rings is 1. The van der Waals surface area contributed by atoms with Gasteiger partial charge in [0.1, 0.15) is 23.8 Å². The zero-order chi connectivity index (χ0) is 27.7. The molecular formula is C27H32F2N8O2. The van der Waals surface area contributed by atoms with Gasteiger partial charge < -0.3 is 16.2 Å². The average molecular weight is 539 g/mol. The molecule has 206 valence electrons. The van der Waals surface area contributed by atoms with Gasteiger partial charge in [-0.1, -0.05) is 12.1 Å². The molecular weight excluding hydrogens is 506 g/mol. The fourth-order valence-electron chi connectivity index (χ4n) is 5.08. The van der Waals surface area contributed by atoms with Crippen molar-refractivity contribution >= 4 is 11.7 Å². The van der Waals surface area contributed by atoms with Crippen LogP contribution in [0.3, 0.4) is 0 Å². The number of rotatable bonds is 9. The molecule has 1 aromatic carbocycles. The van der Waals surface area contributed by atoms with Gasteiger partial charge >= 0.3 is 0 Å². The summed E-state index contributed by atoms with van der Waals surface area (Å²) in [6.07, 6.45) is 1.88. The van der Waals surface area contributed by atoms with Crippen molar-refractivity contribution in [3.05, 3.63) is 53.6 Å². The number of halogens is 2. The first-order valence-corrected chi connectivity index (χ1v) is 13.1. The van der Waals surface area contributed by atoms with E-state index in [2.05, 4.69) is 21.6 Å². The SMILES string of the molecule is CCn1ccc(-c2ccc(CN3CCC(CC#N)(n4cc(C(N)O)c(NC(=O)C5CC5)n4)C(F)C3)c(F)c2)n1. The molecule has 0 spiro atoms. The van der Waals surface area contributed by atoms with Crippen molar-refractivity contribution in [1.82, 2.24) is 24.5 Å². The zero-order valence-corrected chi connectivity index (χ0v) is 21.7. The lowest BCUT2D eigenvalue weighted by Gasteiger charge is -2.43. The summed E-state index contributed by atoms with van der Waals surface area (Å²) in [7, 11) is 0. The molecule has 1 aliphatic carbocycles. The molecule has 39 heavy (non-hydrogen) atoms. The van der Waals surface area contributed by atoms with Gasteiger partial charge in [0.25, 0.3) is 0 Å². The van der Waals surface area contributed by atoms with Crippen molar-refractivity contribution in [3.63, 3.8) is 0 Å². The number of piperidine rings is 1. The quantitative estimate of drug-likeness (QED) is 0.356. The highest BCUT2D eigenvalue weighted by Gasteiger charge is 2.47. The van der Waals surface area contributed by atoms with Crippen molar-refractivity contribution in [2.24, 2.45) is 11.7 Å². The number of nitriles is 1. The average Bonchev–Trinajstić information content (AvgIpc) is 3.50. The number of nitrogens with two attached hydrogens (primary N) is 1. The van der Waals surface area contributed by atoms with Gasteiger partial charge in [0, 0.05) is 55.6 Å². The number of aliphatic hydroxyl groups excluding tert-OH is 1. The molecule has 3 aromatic rings. The van der Waals surface area contributed by atoms with E-state index >= 15 is 8.78 Å². The first-order valence-electron chi connectivity index (χ1n) is 13.1. The Hall–Kier alpha value is -3.66. The van der Waals surface area contributed by atoms with E-state index in [0.717, 1.165) is 19.4 Å². The monoisotopic (exact) mass is 538 g/mol. The van der Waals surface area contributed by atoms with Crippen molar-refractivity contribution in [3.8, 4) is 17.3 Å². The molecule has 2 fully saturated rings. The number of aliphatic hydroxyl groups is 1. The third-order valence-corrected chi connectivity index (χ3v) is 7.66. The number of aryl methyl sites for hydroxylation is 1. The maximum absolute atomic E-state index is 16.0. The molecule has 1 saturated heterocycles. The van der Waals surface area contributed by atoms with Crippen molar-refractivity contribution in [2.75, 3.05) is 18.4 Å². The van der Waals surface area contributed by atoms with Crippen LogP contribution in [0.1, 0.15) is 50.0 Å². The molecule has 12 heteroatoms. The van der Waals surface area contributed by atoms with E-state index in [9.17, 15) is 15.2 Å². The smallest absolute Gasteiger partial charge is 0.228 e. The van der Waals surface area contributed by atoms with Crippen LogP contribution in [0, 0.1) is 23.1 Å². The second-order valence-corrected chi connectivity index (χ2v) is 10.3. The van der Waals surface area contributed by atoms with Gasteiger partial charge in [-0.15, -0.1) is 0 Å². The fraction of sp³-hybridized carbons (Fsp3) is 0.481. The molecule has 5 rings (SSSR count). The summed E-state index contributed by atoms with van der Waals surface area (Å²) >= 11 is 0. The fourth-order valence-corrected chi connectivity index (χ4v) is 5.08. The molecule has 0 radical (unpaired) electrons. The number of alkyl halides is 1. The minimum absolute atomic E-state index is 0.0477. The van der Waals surface area contributed by atoms with E-state index < -0.39 is 23.8 Å². The zero-order valence-electron chi connectivity index (χ0n) is 21.7. The summed E-state index contributed by atoms with van der Waals surface area (Å²) < 4.78 is 34.1. The maximum Gasteiger partial charge on any atom is 0.228 e. The topological polar surface area (TPSA) is 138 Å². The molecule has 10 nitrogen and oxygen atoms in total. The predicted octanol–water partition coefficient (Wildman–Crippen LogP) is 3.06. The van der Waals surface area contributed by atoms with Crippen molar-refractivity contribution in [1.29, 1.82) is 5.26 Å². The first-order chi connectivity index (χ1) is 18.7. The summed E-state index contributed by atoms with van der Waals surface area (Å²) in [5, 5.41) is 31.1. The Balaban J connectivity index is 1.33. The number of nitrogens with zero attached hydrogens (tertiary/aromatic N) is 6. The van der Waals surface area contributed by atoms with Crippen LogP contribution >= 0.6 is 0 Å². The predicted molar refractivity (Wildman–Crippen MR) is 139 cm³/mol. The van der Waals surface area contributed by atoms with Crippen LogP contribution in [0.25, 0.3) is 11.3 Å². The number of anilines is 1. The van der Waals surface area contributed by atoms with Gasteiger partial charge in [0.05, 0.1) is 23.7 Å². The standard InChI is InChI=1S/C27H32F2N8O2/c1-2-36-11-7-22(33-36)18-5-6-19(21(28)13-18)14-35-12-9-27(8-10-30,23(29)16-35)37-15-20(24(31)38)25(34-37)32-26(39)17-3-4-17/h5-7,11,13,15,17,23-24,38H,2-4,8-9,12,14,16,31H2,1H3,(H,32,34,39). The third-order valence-electron chi connectivity index (χ3n) is 7.66. The molecule has 1 aliphatic heterocycles. The Kier molecular flexibility index (Phi) is 7.48. The van der Waals surface area contributed by atoms with Crippen LogP contribution in [0.2, 0.25) is 0 Å². The molecule has 2 aromatic heterocycles. The lowest BCUT2D eigenvalue weighted by Crippen LogP contribution is -2.54. The van der Waals surface area contributed by atoms with Crippen LogP contribution in [0.15, 0.2) is 36.7 Å².